The van der Waals surface area contributed by atoms with Crippen molar-refractivity contribution >= 4 is 35.1 Å². The third kappa shape index (κ3) is 0.578. The molecular weight excluding hydrogens is 170 g/mol. The number of rotatable bonds is 0. The molecule has 2 aliphatic rings. The van der Waals surface area contributed by atoms with Crippen LogP contribution in [0.25, 0.3) is 35.1 Å². The van der Waals surface area contributed by atoms with Gasteiger partial charge in [0, 0.05) is 22.5 Å². The maximum absolute atomic E-state index is 4.44. The number of pyridine rings is 1. The molecule has 2 aromatic rings. The Labute approximate surface area is 81.4 Å². The normalized spacial score (nSPS) is 14.6. The highest BCUT2D eigenvalue weighted by atomic mass is 14.7. The smallest absolute Gasteiger partial charge is 0.0714 e. The molecule has 0 fully saturated rings. The van der Waals surface area contributed by atoms with Crippen LogP contribution < -0.4 is 0 Å². The van der Waals surface area contributed by atoms with Gasteiger partial charge >= 0.3 is 0 Å². The molecule has 4 rings (SSSR count). The van der Waals surface area contributed by atoms with E-state index < -0.39 is 0 Å². The lowest BCUT2D eigenvalue weighted by Crippen LogP contribution is -1.86. The highest BCUT2D eigenvalue weighted by Crippen LogP contribution is 2.37. The molecule has 0 saturated heterocycles. The number of aromatic nitrogens is 1. The molecule has 1 heterocycles. The Balaban J connectivity index is 2.41. The minimum atomic E-state index is 1.12. The molecule has 0 bridgehead atoms. The summed E-state index contributed by atoms with van der Waals surface area (Å²) in [7, 11) is 0. The van der Waals surface area contributed by atoms with E-state index in [-0.39, 0.29) is 0 Å². The molecule has 1 aromatic heterocycles. The van der Waals surface area contributed by atoms with Crippen molar-refractivity contribution in [2.45, 2.75) is 0 Å². The van der Waals surface area contributed by atoms with E-state index in [9.17, 15) is 0 Å². The molecule has 0 amide bonds. The van der Waals surface area contributed by atoms with Crippen molar-refractivity contribution in [3.8, 4) is 0 Å². The average molecular weight is 177 g/mol. The summed E-state index contributed by atoms with van der Waals surface area (Å²) in [6.45, 7) is 0. The fourth-order valence-corrected chi connectivity index (χ4v) is 2.37. The molecule has 0 saturated carbocycles. The van der Waals surface area contributed by atoms with Crippen LogP contribution in [0.1, 0.15) is 22.4 Å². The molecule has 0 unspecified atom stereocenters. The summed E-state index contributed by atoms with van der Waals surface area (Å²) >= 11 is 0. The predicted molar refractivity (Wildman–Crippen MR) is 59.6 cm³/mol. The van der Waals surface area contributed by atoms with Crippen LogP contribution >= 0.6 is 0 Å². The van der Waals surface area contributed by atoms with Crippen LogP contribution in [0.4, 0.5) is 0 Å². The Bertz CT molecular complexity index is 526. The first-order valence-electron chi connectivity index (χ1n) is 4.75. The third-order valence-corrected chi connectivity index (χ3v) is 3.02. The molecule has 1 heteroatoms. The Morgan fingerprint density at radius 3 is 2.36 bits per heavy atom. The maximum Gasteiger partial charge on any atom is 0.0714 e. The highest BCUT2D eigenvalue weighted by Gasteiger charge is 2.16. The summed E-state index contributed by atoms with van der Waals surface area (Å²) in [4.78, 5) is 4.44. The summed E-state index contributed by atoms with van der Waals surface area (Å²) in [6.07, 6.45) is 10.5. The Kier molecular flexibility index (Phi) is 0.914. The van der Waals surface area contributed by atoms with Gasteiger partial charge in [0.2, 0.25) is 0 Å². The van der Waals surface area contributed by atoms with Crippen LogP contribution in [0.5, 0.6) is 0 Å². The first kappa shape index (κ1) is 6.55. The van der Waals surface area contributed by atoms with Crippen LogP contribution in [-0.2, 0) is 0 Å². The van der Waals surface area contributed by atoms with Gasteiger partial charge in [-0.15, -0.1) is 0 Å². The molecule has 0 radical (unpaired) electrons. The Hall–Kier alpha value is -1.89. The quantitative estimate of drug-likeness (QED) is 0.402. The number of benzene rings is 1. The standard InChI is InChI=1S/C13H7N/c1-2-9-5-6-11-13(9)12-8(1)3-4-10(12)7-14-11/h1-7H. The molecule has 0 N–H and O–H groups in total. The van der Waals surface area contributed by atoms with Crippen LogP contribution in [0.3, 0.4) is 0 Å². The van der Waals surface area contributed by atoms with Crippen molar-refractivity contribution in [2.24, 2.45) is 0 Å². The topological polar surface area (TPSA) is 12.9 Å². The summed E-state index contributed by atoms with van der Waals surface area (Å²) in [6, 6.07) is 4.36. The van der Waals surface area contributed by atoms with Gasteiger partial charge in [0.05, 0.1) is 5.69 Å². The molecule has 0 atom stereocenters. The van der Waals surface area contributed by atoms with Crippen molar-refractivity contribution in [1.82, 2.24) is 4.98 Å². The fourth-order valence-electron chi connectivity index (χ4n) is 2.37. The van der Waals surface area contributed by atoms with Gasteiger partial charge in [-0.1, -0.05) is 30.4 Å². The van der Waals surface area contributed by atoms with E-state index in [4.69, 9.17) is 0 Å². The fraction of sp³-hybridized carbons (Fsp3) is 0. The highest BCUT2D eigenvalue weighted by molar-refractivity contribution is 6.13. The lowest BCUT2D eigenvalue weighted by molar-refractivity contribution is 1.33. The largest absolute Gasteiger partial charge is 0.256 e. The zero-order valence-corrected chi connectivity index (χ0v) is 7.49. The van der Waals surface area contributed by atoms with Gasteiger partial charge in [-0.2, -0.15) is 0 Å². The van der Waals surface area contributed by atoms with E-state index in [1.165, 1.54) is 27.5 Å². The number of nitrogens with zero attached hydrogens (tertiary/aromatic N) is 1. The van der Waals surface area contributed by atoms with Gasteiger partial charge in [0.15, 0.2) is 0 Å². The van der Waals surface area contributed by atoms with Crippen molar-refractivity contribution in [1.29, 1.82) is 0 Å². The second-order valence-electron chi connectivity index (χ2n) is 3.76. The van der Waals surface area contributed by atoms with E-state index in [2.05, 4.69) is 41.4 Å². The van der Waals surface area contributed by atoms with Crippen molar-refractivity contribution < 1.29 is 0 Å². The maximum atomic E-state index is 4.44. The Morgan fingerprint density at radius 2 is 1.43 bits per heavy atom. The van der Waals surface area contributed by atoms with E-state index in [1.54, 1.807) is 0 Å². The second-order valence-corrected chi connectivity index (χ2v) is 3.76. The van der Waals surface area contributed by atoms with Crippen molar-refractivity contribution in [2.75, 3.05) is 0 Å². The van der Waals surface area contributed by atoms with Crippen LogP contribution in [0, 0.1) is 0 Å². The minimum absolute atomic E-state index is 1.12. The molecule has 0 aliphatic heterocycles. The van der Waals surface area contributed by atoms with Gasteiger partial charge < -0.3 is 0 Å². The Morgan fingerprint density at radius 1 is 0.714 bits per heavy atom. The zero-order valence-electron chi connectivity index (χ0n) is 7.49. The van der Waals surface area contributed by atoms with E-state index in [0.717, 1.165) is 5.69 Å². The van der Waals surface area contributed by atoms with Crippen molar-refractivity contribution in [3.05, 3.63) is 40.7 Å². The monoisotopic (exact) mass is 177 g/mol. The molecule has 1 aromatic carbocycles. The average Bonchev–Trinajstić information content (AvgIpc) is 2.77. The number of hydrogen-bond donors (Lipinski definition) is 0. The molecule has 2 aliphatic carbocycles. The van der Waals surface area contributed by atoms with Crippen LogP contribution in [0.2, 0.25) is 0 Å². The first-order valence-corrected chi connectivity index (χ1v) is 4.75. The van der Waals surface area contributed by atoms with E-state index >= 15 is 0 Å². The summed E-state index contributed by atoms with van der Waals surface area (Å²) < 4.78 is 0. The zero-order chi connectivity index (χ0) is 9.12. The van der Waals surface area contributed by atoms with Gasteiger partial charge in [0.1, 0.15) is 0 Å². The van der Waals surface area contributed by atoms with Gasteiger partial charge in [-0.25, -0.2) is 0 Å². The third-order valence-electron chi connectivity index (χ3n) is 3.02. The molecule has 14 heavy (non-hydrogen) atoms. The summed E-state index contributed by atoms with van der Waals surface area (Å²) in [5.74, 6) is 0. The van der Waals surface area contributed by atoms with E-state index in [1.807, 2.05) is 6.20 Å². The lowest BCUT2D eigenvalue weighted by Gasteiger charge is -2.03. The predicted octanol–water partition coefficient (Wildman–Crippen LogP) is 3.20. The molecule has 1 nitrogen and oxygen atoms in total. The second kappa shape index (κ2) is 1.95. The SMILES string of the molecule is C1=Cc2cnc3c4c(ccc1c24)C=C3. The lowest BCUT2D eigenvalue weighted by atomic mass is 10.0. The summed E-state index contributed by atoms with van der Waals surface area (Å²) in [5.41, 5.74) is 5.00. The van der Waals surface area contributed by atoms with Gasteiger partial charge in [-0.05, 0) is 17.2 Å². The van der Waals surface area contributed by atoms with Crippen LogP contribution in [0.15, 0.2) is 18.3 Å². The molecule has 64 valence electrons. The molecule has 0 spiro atoms. The van der Waals surface area contributed by atoms with Gasteiger partial charge in [0.25, 0.3) is 0 Å². The first-order chi connectivity index (χ1) is 6.93. The van der Waals surface area contributed by atoms with E-state index in [0.29, 0.717) is 0 Å². The minimum Gasteiger partial charge on any atom is -0.256 e. The van der Waals surface area contributed by atoms with Crippen LogP contribution in [-0.4, -0.2) is 4.98 Å². The van der Waals surface area contributed by atoms with Crippen molar-refractivity contribution in [3.63, 3.8) is 0 Å². The van der Waals surface area contributed by atoms with Gasteiger partial charge in [-0.3, -0.25) is 4.98 Å². The summed E-state index contributed by atoms with van der Waals surface area (Å²) in [5, 5.41) is 2.70. The number of hydrogen-bond acceptors (Lipinski definition) is 1. The molecular formula is C13H7N.